The van der Waals surface area contributed by atoms with Crippen LogP contribution in [0.15, 0.2) is 12.1 Å². The van der Waals surface area contributed by atoms with Crippen LogP contribution >= 0.6 is 0 Å². The Morgan fingerprint density at radius 3 is 2.38 bits per heavy atom. The van der Waals surface area contributed by atoms with Crippen molar-refractivity contribution in [2.24, 2.45) is 0 Å². The second-order valence-corrected chi connectivity index (χ2v) is 5.33. The molecule has 116 valence electrons. The molecule has 21 heavy (non-hydrogen) atoms. The van der Waals surface area contributed by atoms with Crippen molar-refractivity contribution >= 4 is 17.7 Å². The second kappa shape index (κ2) is 6.51. The molecule has 0 heterocycles. The Morgan fingerprint density at radius 1 is 1.24 bits per heavy atom. The molecule has 0 aliphatic heterocycles. The second-order valence-electron chi connectivity index (χ2n) is 5.33. The predicted molar refractivity (Wildman–Crippen MR) is 74.5 cm³/mol. The fourth-order valence-corrected chi connectivity index (χ4v) is 1.96. The van der Waals surface area contributed by atoms with Gasteiger partial charge in [-0.05, 0) is 26.3 Å². The Labute approximate surface area is 121 Å². The Morgan fingerprint density at radius 2 is 1.86 bits per heavy atom. The highest BCUT2D eigenvalue weighted by molar-refractivity contribution is 5.93. The first-order valence-corrected chi connectivity index (χ1v) is 6.48. The van der Waals surface area contributed by atoms with Crippen LogP contribution in [0.5, 0.6) is 0 Å². The first kappa shape index (κ1) is 16.9. The van der Waals surface area contributed by atoms with Crippen molar-refractivity contribution in [3.63, 3.8) is 0 Å². The number of aromatic carboxylic acids is 1. The van der Waals surface area contributed by atoms with E-state index in [2.05, 4.69) is 10.6 Å². The molecule has 0 unspecified atom stereocenters. The van der Waals surface area contributed by atoms with E-state index in [4.69, 9.17) is 5.11 Å². The maximum absolute atomic E-state index is 13.6. The topological polar surface area (TPSA) is 78.4 Å². The van der Waals surface area contributed by atoms with Crippen LogP contribution in [0.4, 0.5) is 19.3 Å². The number of carbonyl (C=O) groups excluding carboxylic acids is 1. The van der Waals surface area contributed by atoms with Crippen molar-refractivity contribution in [3.8, 4) is 0 Å². The highest BCUT2D eigenvalue weighted by Crippen LogP contribution is 2.20. The summed E-state index contributed by atoms with van der Waals surface area (Å²) in [5, 5.41) is 13.6. The number of hydrogen-bond donors (Lipinski definition) is 3. The monoisotopic (exact) mass is 300 g/mol. The van der Waals surface area contributed by atoms with Crippen molar-refractivity contribution in [1.29, 1.82) is 0 Å². The third kappa shape index (κ3) is 4.70. The van der Waals surface area contributed by atoms with Crippen LogP contribution in [-0.4, -0.2) is 22.6 Å². The molecule has 1 aromatic carbocycles. The molecule has 3 N–H and O–H groups in total. The number of carboxylic acid groups (broad SMARTS) is 1. The van der Waals surface area contributed by atoms with E-state index in [9.17, 15) is 18.4 Å². The molecular formula is C14H18F2N2O3. The molecule has 0 aliphatic carbocycles. The molecule has 0 fully saturated rings. The number of hydrogen-bond acceptors (Lipinski definition) is 2. The van der Waals surface area contributed by atoms with E-state index >= 15 is 0 Å². The number of urea groups is 1. The molecule has 0 aliphatic rings. The van der Waals surface area contributed by atoms with Crippen LogP contribution in [0.2, 0.25) is 0 Å². The largest absolute Gasteiger partial charge is 0.478 e. The third-order valence-corrected chi connectivity index (χ3v) is 2.86. The molecule has 2 amide bonds. The summed E-state index contributed by atoms with van der Waals surface area (Å²) >= 11 is 0. The maximum atomic E-state index is 13.6. The first-order chi connectivity index (χ1) is 9.66. The zero-order chi connectivity index (χ0) is 16.2. The molecule has 0 bridgehead atoms. The van der Waals surface area contributed by atoms with Gasteiger partial charge >= 0.3 is 12.0 Å². The van der Waals surface area contributed by atoms with Crippen molar-refractivity contribution in [2.45, 2.75) is 39.2 Å². The Bertz CT molecular complexity index is 559. The summed E-state index contributed by atoms with van der Waals surface area (Å²) in [7, 11) is 0. The number of amides is 2. The molecule has 0 radical (unpaired) electrons. The van der Waals surface area contributed by atoms with Gasteiger partial charge in [-0.15, -0.1) is 0 Å². The van der Waals surface area contributed by atoms with Crippen LogP contribution in [0.25, 0.3) is 0 Å². The predicted octanol–water partition coefficient (Wildman–Crippen LogP) is 3.36. The van der Waals surface area contributed by atoms with E-state index in [1.165, 1.54) is 0 Å². The van der Waals surface area contributed by atoms with Crippen molar-refractivity contribution in [3.05, 3.63) is 29.3 Å². The first-order valence-electron chi connectivity index (χ1n) is 6.48. The average Bonchev–Trinajstić information content (AvgIpc) is 2.31. The van der Waals surface area contributed by atoms with Gasteiger partial charge in [0, 0.05) is 11.6 Å². The number of carboxylic acids is 1. The zero-order valence-electron chi connectivity index (χ0n) is 12.1. The SMILES string of the molecule is CCCC(C)(C)NC(=O)Nc1cc(C(=O)O)c(F)cc1F. The molecule has 1 rings (SSSR count). The summed E-state index contributed by atoms with van der Waals surface area (Å²) in [5.41, 5.74) is -1.59. The van der Waals surface area contributed by atoms with Gasteiger partial charge in [0.25, 0.3) is 0 Å². The van der Waals surface area contributed by atoms with Crippen LogP contribution in [0, 0.1) is 11.6 Å². The molecule has 0 spiro atoms. The van der Waals surface area contributed by atoms with E-state index in [1.807, 2.05) is 6.92 Å². The lowest BCUT2D eigenvalue weighted by Gasteiger charge is -2.25. The highest BCUT2D eigenvalue weighted by atomic mass is 19.1. The van der Waals surface area contributed by atoms with Crippen molar-refractivity contribution < 1.29 is 23.5 Å². The minimum absolute atomic E-state index is 0.390. The number of rotatable bonds is 5. The molecule has 0 saturated heterocycles. The Kier molecular flexibility index (Phi) is 5.23. The van der Waals surface area contributed by atoms with Crippen molar-refractivity contribution in [2.75, 3.05) is 5.32 Å². The van der Waals surface area contributed by atoms with Crippen molar-refractivity contribution in [1.82, 2.24) is 5.32 Å². The van der Waals surface area contributed by atoms with Gasteiger partial charge in [-0.25, -0.2) is 18.4 Å². The van der Waals surface area contributed by atoms with Gasteiger partial charge in [-0.3, -0.25) is 0 Å². The number of carbonyl (C=O) groups is 2. The zero-order valence-corrected chi connectivity index (χ0v) is 12.1. The van der Waals surface area contributed by atoms with Gasteiger partial charge in [0.15, 0.2) is 0 Å². The van der Waals surface area contributed by atoms with Gasteiger partial charge in [-0.1, -0.05) is 13.3 Å². The van der Waals surface area contributed by atoms with E-state index in [1.54, 1.807) is 13.8 Å². The minimum atomic E-state index is -1.54. The standard InChI is InChI=1S/C14H18F2N2O3/c1-4-5-14(2,3)18-13(21)17-11-6-8(12(19)20)9(15)7-10(11)16/h6-7H,4-5H2,1-3H3,(H,19,20)(H2,17,18,21). The molecule has 0 saturated carbocycles. The van der Waals surface area contributed by atoms with E-state index in [0.29, 0.717) is 12.5 Å². The highest BCUT2D eigenvalue weighted by Gasteiger charge is 2.21. The van der Waals surface area contributed by atoms with Crippen LogP contribution < -0.4 is 10.6 Å². The summed E-state index contributed by atoms with van der Waals surface area (Å²) < 4.78 is 26.8. The third-order valence-electron chi connectivity index (χ3n) is 2.86. The number of benzene rings is 1. The quantitative estimate of drug-likeness (QED) is 0.780. The number of anilines is 1. The summed E-state index contributed by atoms with van der Waals surface area (Å²) in [6.07, 6.45) is 1.56. The lowest BCUT2D eigenvalue weighted by atomic mass is 9.99. The van der Waals surface area contributed by atoms with E-state index in [0.717, 1.165) is 12.5 Å². The normalized spacial score (nSPS) is 11.1. The lowest BCUT2D eigenvalue weighted by Crippen LogP contribution is -2.45. The average molecular weight is 300 g/mol. The Hall–Kier alpha value is -2.18. The fourth-order valence-electron chi connectivity index (χ4n) is 1.96. The van der Waals surface area contributed by atoms with Gasteiger partial charge in [0.05, 0.1) is 11.3 Å². The summed E-state index contributed by atoms with van der Waals surface area (Å²) in [5.74, 6) is -3.78. The summed E-state index contributed by atoms with van der Waals surface area (Å²) in [4.78, 5) is 22.6. The van der Waals surface area contributed by atoms with Crippen LogP contribution in [0.3, 0.4) is 0 Å². The molecular weight excluding hydrogens is 282 g/mol. The van der Waals surface area contributed by atoms with E-state index < -0.39 is 40.4 Å². The minimum Gasteiger partial charge on any atom is -0.478 e. The van der Waals surface area contributed by atoms with Crippen LogP contribution in [-0.2, 0) is 0 Å². The van der Waals surface area contributed by atoms with Gasteiger partial charge < -0.3 is 15.7 Å². The molecule has 0 atom stereocenters. The summed E-state index contributed by atoms with van der Waals surface area (Å²) in [6, 6.07) is 0.491. The maximum Gasteiger partial charge on any atom is 0.338 e. The fraction of sp³-hybridized carbons (Fsp3) is 0.429. The lowest BCUT2D eigenvalue weighted by molar-refractivity contribution is 0.0691. The number of halogens is 2. The number of nitrogens with one attached hydrogen (secondary N) is 2. The molecule has 5 nitrogen and oxygen atoms in total. The van der Waals surface area contributed by atoms with Gasteiger partial charge in [0.1, 0.15) is 11.6 Å². The summed E-state index contributed by atoms with van der Waals surface area (Å²) in [6.45, 7) is 5.57. The van der Waals surface area contributed by atoms with Gasteiger partial charge in [-0.2, -0.15) is 0 Å². The molecule has 0 aromatic heterocycles. The van der Waals surface area contributed by atoms with Crippen LogP contribution in [0.1, 0.15) is 44.0 Å². The van der Waals surface area contributed by atoms with E-state index in [-0.39, 0.29) is 0 Å². The van der Waals surface area contributed by atoms with Gasteiger partial charge in [0.2, 0.25) is 0 Å². The Balaban J connectivity index is 2.90. The smallest absolute Gasteiger partial charge is 0.338 e. The molecule has 7 heteroatoms. The molecule has 1 aromatic rings.